The van der Waals surface area contributed by atoms with Gasteiger partial charge in [-0.25, -0.2) is 0 Å². The first-order valence-electron chi connectivity index (χ1n) is 7.97. The average Bonchev–Trinajstić information content (AvgIpc) is 2.85. The molecular formula is C15H28ClN3O2. The van der Waals surface area contributed by atoms with Crippen molar-refractivity contribution in [1.29, 1.82) is 0 Å². The third-order valence-electron chi connectivity index (χ3n) is 4.54. The molecule has 2 aliphatic rings. The van der Waals surface area contributed by atoms with Crippen LogP contribution in [-0.2, 0) is 9.59 Å². The molecule has 5 nitrogen and oxygen atoms in total. The first-order valence-corrected chi connectivity index (χ1v) is 7.97. The molecule has 3 N–H and O–H groups in total. The standard InChI is InChI=1S/C15H27N3O2.ClH/c16-13-6-4-5-12(13)11-14(19)17-8-7-15(20)18-9-2-1-3-10-18;/h12-13H,1-11,16H2,(H,17,19);1H/t12-,13+;/m0./s1. The van der Waals surface area contributed by atoms with Crippen LogP contribution in [0.3, 0.4) is 0 Å². The fraction of sp³-hybridized carbons (Fsp3) is 0.867. The Bertz CT molecular complexity index is 346. The molecule has 1 aliphatic heterocycles. The second kappa shape index (κ2) is 9.26. The first kappa shape index (κ1) is 18.2. The summed E-state index contributed by atoms with van der Waals surface area (Å²) in [4.78, 5) is 25.7. The van der Waals surface area contributed by atoms with E-state index in [1.54, 1.807) is 0 Å². The number of hydrogen-bond acceptors (Lipinski definition) is 3. The Morgan fingerprint density at radius 2 is 1.81 bits per heavy atom. The summed E-state index contributed by atoms with van der Waals surface area (Å²) in [6.45, 7) is 2.21. The van der Waals surface area contributed by atoms with Crippen molar-refractivity contribution in [1.82, 2.24) is 10.2 Å². The molecule has 1 aliphatic carbocycles. The van der Waals surface area contributed by atoms with Crippen LogP contribution >= 0.6 is 12.4 Å². The lowest BCUT2D eigenvalue weighted by molar-refractivity contribution is -0.132. The van der Waals surface area contributed by atoms with Crippen molar-refractivity contribution >= 4 is 24.2 Å². The summed E-state index contributed by atoms with van der Waals surface area (Å²) in [7, 11) is 0. The van der Waals surface area contributed by atoms with Crippen LogP contribution in [0, 0.1) is 5.92 Å². The molecular weight excluding hydrogens is 290 g/mol. The SMILES string of the molecule is Cl.N[C@@H]1CCC[C@H]1CC(=O)NCCC(=O)N1CCCCC1. The number of nitrogens with zero attached hydrogens (tertiary/aromatic N) is 1. The Hall–Kier alpha value is -0.810. The smallest absolute Gasteiger partial charge is 0.224 e. The summed E-state index contributed by atoms with van der Waals surface area (Å²) in [5.41, 5.74) is 5.96. The van der Waals surface area contributed by atoms with Gasteiger partial charge in [0.25, 0.3) is 0 Å². The molecule has 1 saturated heterocycles. The highest BCUT2D eigenvalue weighted by atomic mass is 35.5. The van der Waals surface area contributed by atoms with Gasteiger partial charge in [-0.3, -0.25) is 9.59 Å². The number of carbonyl (C=O) groups is 2. The van der Waals surface area contributed by atoms with Crippen LogP contribution in [0.5, 0.6) is 0 Å². The molecule has 6 heteroatoms. The normalized spacial score (nSPS) is 25.3. The molecule has 0 bridgehead atoms. The van der Waals surface area contributed by atoms with E-state index in [1.807, 2.05) is 4.90 Å². The van der Waals surface area contributed by atoms with Gasteiger partial charge in [-0.15, -0.1) is 12.4 Å². The monoisotopic (exact) mass is 317 g/mol. The van der Waals surface area contributed by atoms with Crippen molar-refractivity contribution in [3.05, 3.63) is 0 Å². The van der Waals surface area contributed by atoms with Crippen molar-refractivity contribution in [2.24, 2.45) is 11.7 Å². The van der Waals surface area contributed by atoms with Gasteiger partial charge in [0, 0.05) is 38.5 Å². The van der Waals surface area contributed by atoms with E-state index in [9.17, 15) is 9.59 Å². The zero-order valence-corrected chi connectivity index (χ0v) is 13.5. The van der Waals surface area contributed by atoms with Crippen molar-refractivity contribution in [3.8, 4) is 0 Å². The Labute approximate surface area is 133 Å². The second-order valence-electron chi connectivity index (χ2n) is 6.10. The van der Waals surface area contributed by atoms with Gasteiger partial charge < -0.3 is 16.0 Å². The predicted molar refractivity (Wildman–Crippen MR) is 85.2 cm³/mol. The summed E-state index contributed by atoms with van der Waals surface area (Å²) < 4.78 is 0. The minimum Gasteiger partial charge on any atom is -0.356 e. The fourth-order valence-corrected chi connectivity index (χ4v) is 3.24. The lowest BCUT2D eigenvalue weighted by Crippen LogP contribution is -2.38. The van der Waals surface area contributed by atoms with Crippen molar-refractivity contribution in [3.63, 3.8) is 0 Å². The quantitative estimate of drug-likeness (QED) is 0.805. The number of rotatable bonds is 5. The van der Waals surface area contributed by atoms with Crippen LogP contribution in [0.1, 0.15) is 51.4 Å². The molecule has 2 fully saturated rings. The van der Waals surface area contributed by atoms with E-state index in [-0.39, 0.29) is 30.3 Å². The van der Waals surface area contributed by atoms with Crippen LogP contribution in [0.15, 0.2) is 0 Å². The van der Waals surface area contributed by atoms with Gasteiger partial charge in [0.2, 0.25) is 11.8 Å². The third-order valence-corrected chi connectivity index (χ3v) is 4.54. The molecule has 0 aromatic rings. The van der Waals surface area contributed by atoms with E-state index in [2.05, 4.69) is 5.32 Å². The minimum atomic E-state index is 0. The molecule has 2 rings (SSSR count). The minimum absolute atomic E-state index is 0. The van der Waals surface area contributed by atoms with E-state index < -0.39 is 0 Å². The van der Waals surface area contributed by atoms with Crippen molar-refractivity contribution in [2.45, 2.75) is 57.4 Å². The highest BCUT2D eigenvalue weighted by molar-refractivity contribution is 5.85. The Morgan fingerprint density at radius 1 is 1.10 bits per heavy atom. The molecule has 0 spiro atoms. The van der Waals surface area contributed by atoms with E-state index in [0.29, 0.717) is 25.3 Å². The van der Waals surface area contributed by atoms with E-state index in [4.69, 9.17) is 5.73 Å². The van der Waals surface area contributed by atoms with Crippen LogP contribution in [-0.4, -0.2) is 42.4 Å². The molecule has 2 atom stereocenters. The summed E-state index contributed by atoms with van der Waals surface area (Å²) in [6, 6.07) is 0.177. The van der Waals surface area contributed by atoms with Crippen molar-refractivity contribution < 1.29 is 9.59 Å². The number of nitrogens with one attached hydrogen (secondary N) is 1. The molecule has 0 radical (unpaired) electrons. The molecule has 1 heterocycles. The van der Waals surface area contributed by atoms with Crippen molar-refractivity contribution in [2.75, 3.05) is 19.6 Å². The van der Waals surface area contributed by atoms with Gasteiger partial charge in [0.05, 0.1) is 0 Å². The van der Waals surface area contributed by atoms with Crippen LogP contribution in [0.4, 0.5) is 0 Å². The lowest BCUT2D eigenvalue weighted by atomic mass is 10.00. The van der Waals surface area contributed by atoms with E-state index >= 15 is 0 Å². The number of hydrogen-bond donors (Lipinski definition) is 2. The van der Waals surface area contributed by atoms with E-state index in [0.717, 1.165) is 45.2 Å². The number of likely N-dealkylation sites (tertiary alicyclic amines) is 1. The first-order chi connectivity index (χ1) is 9.66. The van der Waals surface area contributed by atoms with E-state index in [1.165, 1.54) is 6.42 Å². The number of nitrogens with two attached hydrogens (primary N) is 1. The van der Waals surface area contributed by atoms with Crippen LogP contribution in [0.25, 0.3) is 0 Å². The zero-order chi connectivity index (χ0) is 14.4. The topological polar surface area (TPSA) is 75.4 Å². The van der Waals surface area contributed by atoms with Gasteiger partial charge in [-0.05, 0) is 38.0 Å². The molecule has 0 aromatic heterocycles. The zero-order valence-electron chi connectivity index (χ0n) is 12.7. The highest BCUT2D eigenvalue weighted by Crippen LogP contribution is 2.26. The molecule has 122 valence electrons. The Morgan fingerprint density at radius 3 is 2.43 bits per heavy atom. The van der Waals surface area contributed by atoms with Gasteiger partial charge in [-0.2, -0.15) is 0 Å². The highest BCUT2D eigenvalue weighted by Gasteiger charge is 2.26. The fourth-order valence-electron chi connectivity index (χ4n) is 3.24. The van der Waals surface area contributed by atoms with Gasteiger partial charge in [0.15, 0.2) is 0 Å². The molecule has 0 aromatic carbocycles. The Kier molecular flexibility index (Phi) is 8.04. The Balaban J connectivity index is 0.00000220. The maximum atomic E-state index is 11.9. The molecule has 2 amide bonds. The number of piperidine rings is 1. The van der Waals surface area contributed by atoms with Gasteiger partial charge in [-0.1, -0.05) is 6.42 Å². The summed E-state index contributed by atoms with van der Waals surface area (Å²) in [5, 5.41) is 2.86. The van der Waals surface area contributed by atoms with Gasteiger partial charge in [0.1, 0.15) is 0 Å². The lowest BCUT2D eigenvalue weighted by Gasteiger charge is -2.26. The maximum Gasteiger partial charge on any atom is 0.224 e. The number of carbonyl (C=O) groups excluding carboxylic acids is 2. The summed E-state index contributed by atoms with van der Waals surface area (Å²) in [5.74, 6) is 0.536. The van der Waals surface area contributed by atoms with Crippen LogP contribution in [0.2, 0.25) is 0 Å². The summed E-state index contributed by atoms with van der Waals surface area (Å²) in [6.07, 6.45) is 7.60. The predicted octanol–water partition coefficient (Wildman–Crippen LogP) is 1.44. The van der Waals surface area contributed by atoms with Gasteiger partial charge >= 0.3 is 0 Å². The largest absolute Gasteiger partial charge is 0.356 e. The molecule has 0 unspecified atom stereocenters. The average molecular weight is 318 g/mol. The summed E-state index contributed by atoms with van der Waals surface area (Å²) >= 11 is 0. The number of halogens is 1. The molecule has 21 heavy (non-hydrogen) atoms. The third kappa shape index (κ3) is 5.83. The van der Waals surface area contributed by atoms with Crippen LogP contribution < -0.4 is 11.1 Å². The second-order valence-corrected chi connectivity index (χ2v) is 6.10. The molecule has 1 saturated carbocycles. The maximum absolute atomic E-state index is 11.9. The number of amides is 2.